The third kappa shape index (κ3) is 11.8. The number of esters is 1. The highest BCUT2D eigenvalue weighted by molar-refractivity contribution is 6.42. The first-order valence-electron chi connectivity index (χ1n) is 12.6. The van der Waals surface area contributed by atoms with E-state index in [1.54, 1.807) is 18.2 Å². The standard InChI is InChI=1S/C25H31Cl2F3N4O7/c26-18-4-3-16(14-19(18)27)2-1-7-33-22(36)17-15-34(23(37)21(17)41-24(38)25(28,29)30)9-11-40-13-12-39-10-8-32-20(35)5-6-31/h3-4,14H,1-2,5-13,15,31H2,(H,32,35)(H,33,36). The van der Waals surface area contributed by atoms with Gasteiger partial charge in [-0.15, -0.1) is 0 Å². The van der Waals surface area contributed by atoms with Gasteiger partial charge in [-0.3, -0.25) is 14.4 Å². The van der Waals surface area contributed by atoms with Gasteiger partial charge in [0.2, 0.25) is 11.7 Å². The fraction of sp³-hybridized carbons (Fsp3) is 0.520. The highest BCUT2D eigenvalue weighted by Gasteiger charge is 2.45. The Labute approximate surface area is 244 Å². The molecule has 4 N–H and O–H groups in total. The lowest BCUT2D eigenvalue weighted by atomic mass is 10.1. The van der Waals surface area contributed by atoms with Crippen LogP contribution in [0, 0.1) is 0 Å². The third-order valence-electron chi connectivity index (χ3n) is 5.53. The molecule has 1 aromatic rings. The molecule has 0 bridgehead atoms. The Morgan fingerprint density at radius 1 is 1.00 bits per heavy atom. The Kier molecular flexibility index (Phi) is 14.3. The molecule has 2 rings (SSSR count). The van der Waals surface area contributed by atoms with Gasteiger partial charge in [-0.05, 0) is 30.5 Å². The minimum atomic E-state index is -5.36. The van der Waals surface area contributed by atoms with E-state index in [2.05, 4.69) is 15.4 Å². The molecule has 0 fully saturated rings. The van der Waals surface area contributed by atoms with Crippen molar-refractivity contribution >= 4 is 46.9 Å². The number of carbonyl (C=O) groups is 4. The zero-order valence-electron chi connectivity index (χ0n) is 22.0. The van der Waals surface area contributed by atoms with E-state index in [-0.39, 0.29) is 64.9 Å². The maximum absolute atomic E-state index is 12.8. The number of carbonyl (C=O) groups excluding carboxylic acids is 4. The van der Waals surface area contributed by atoms with Gasteiger partial charge in [0.25, 0.3) is 11.8 Å². The maximum Gasteiger partial charge on any atom is 0.491 e. The van der Waals surface area contributed by atoms with Gasteiger partial charge in [0.05, 0.1) is 48.6 Å². The van der Waals surface area contributed by atoms with Crippen LogP contribution in [0.3, 0.4) is 0 Å². The average molecular weight is 627 g/mol. The molecular formula is C25H31Cl2F3N4O7. The monoisotopic (exact) mass is 626 g/mol. The smallest absolute Gasteiger partial charge is 0.413 e. The molecule has 1 aromatic carbocycles. The molecule has 0 aromatic heterocycles. The lowest BCUT2D eigenvalue weighted by Gasteiger charge is -2.16. The SMILES string of the molecule is NCCC(=O)NCCOCCOCCN1CC(C(=O)NCCCc2ccc(Cl)c(Cl)c2)=C(OC(=O)C(F)(F)F)C1=O. The molecule has 0 unspecified atom stereocenters. The number of aryl methyl sites for hydroxylation is 1. The Morgan fingerprint density at radius 2 is 1.71 bits per heavy atom. The largest absolute Gasteiger partial charge is 0.491 e. The van der Waals surface area contributed by atoms with Crippen LogP contribution in [0.1, 0.15) is 18.4 Å². The van der Waals surface area contributed by atoms with Crippen LogP contribution in [-0.4, -0.2) is 93.9 Å². The van der Waals surface area contributed by atoms with Gasteiger partial charge < -0.3 is 35.5 Å². The molecule has 1 aliphatic rings. The number of amides is 3. The number of nitrogens with two attached hydrogens (primary N) is 1. The van der Waals surface area contributed by atoms with E-state index in [1.165, 1.54) is 0 Å². The van der Waals surface area contributed by atoms with E-state index in [1.807, 2.05) is 0 Å². The van der Waals surface area contributed by atoms with Crippen molar-refractivity contribution in [3.05, 3.63) is 45.1 Å². The van der Waals surface area contributed by atoms with Crippen molar-refractivity contribution in [3.8, 4) is 0 Å². The van der Waals surface area contributed by atoms with Crippen molar-refractivity contribution in [2.45, 2.75) is 25.4 Å². The number of hydrogen-bond acceptors (Lipinski definition) is 8. The summed E-state index contributed by atoms with van der Waals surface area (Å²) in [6, 6.07) is 5.07. The first-order chi connectivity index (χ1) is 19.4. The summed E-state index contributed by atoms with van der Waals surface area (Å²) in [4.78, 5) is 49.2. The average Bonchev–Trinajstić information content (AvgIpc) is 3.22. The van der Waals surface area contributed by atoms with Crippen LogP contribution in [0.25, 0.3) is 0 Å². The van der Waals surface area contributed by atoms with Gasteiger partial charge in [-0.25, -0.2) is 4.79 Å². The Balaban J connectivity index is 1.83. The second-order valence-electron chi connectivity index (χ2n) is 8.64. The molecule has 0 saturated carbocycles. The number of halogens is 5. The number of benzene rings is 1. The number of hydrogen-bond donors (Lipinski definition) is 3. The molecular weight excluding hydrogens is 596 g/mol. The van der Waals surface area contributed by atoms with Crippen LogP contribution >= 0.6 is 23.2 Å². The van der Waals surface area contributed by atoms with Gasteiger partial charge in [-0.2, -0.15) is 13.2 Å². The molecule has 0 aliphatic carbocycles. The Hall–Kier alpha value is -2.91. The molecule has 11 nitrogen and oxygen atoms in total. The second-order valence-corrected chi connectivity index (χ2v) is 9.46. The molecule has 0 saturated heterocycles. The fourth-order valence-corrected chi connectivity index (χ4v) is 3.81. The van der Waals surface area contributed by atoms with Crippen molar-refractivity contribution in [1.82, 2.24) is 15.5 Å². The van der Waals surface area contributed by atoms with E-state index in [4.69, 9.17) is 38.4 Å². The number of rotatable bonds is 17. The van der Waals surface area contributed by atoms with E-state index in [0.717, 1.165) is 10.5 Å². The number of ether oxygens (including phenoxy) is 3. The van der Waals surface area contributed by atoms with E-state index < -0.39 is 35.3 Å². The number of nitrogens with one attached hydrogen (secondary N) is 2. The van der Waals surface area contributed by atoms with Crippen molar-refractivity contribution in [1.29, 1.82) is 0 Å². The lowest BCUT2D eigenvalue weighted by Crippen LogP contribution is -2.33. The predicted octanol–water partition coefficient (Wildman–Crippen LogP) is 1.74. The van der Waals surface area contributed by atoms with Crippen molar-refractivity contribution in [2.75, 3.05) is 59.2 Å². The highest BCUT2D eigenvalue weighted by Crippen LogP contribution is 2.26. The van der Waals surface area contributed by atoms with Crippen LogP contribution in [-0.2, 0) is 39.8 Å². The topological polar surface area (TPSA) is 149 Å². The van der Waals surface area contributed by atoms with Crippen molar-refractivity contribution in [3.63, 3.8) is 0 Å². The van der Waals surface area contributed by atoms with Crippen LogP contribution in [0.4, 0.5) is 13.2 Å². The number of nitrogens with zero attached hydrogens (tertiary/aromatic N) is 1. The van der Waals surface area contributed by atoms with E-state index in [0.29, 0.717) is 29.4 Å². The predicted molar refractivity (Wildman–Crippen MR) is 142 cm³/mol. The summed E-state index contributed by atoms with van der Waals surface area (Å²) >= 11 is 11.9. The molecule has 0 atom stereocenters. The summed E-state index contributed by atoms with van der Waals surface area (Å²) in [6.45, 7) is 0.737. The quantitative estimate of drug-likeness (QED) is 0.175. The second kappa shape index (κ2) is 17.1. The summed E-state index contributed by atoms with van der Waals surface area (Å²) in [7, 11) is 0. The van der Waals surface area contributed by atoms with Gasteiger partial charge >= 0.3 is 12.1 Å². The minimum Gasteiger partial charge on any atom is -0.413 e. The van der Waals surface area contributed by atoms with Gasteiger partial charge in [0.1, 0.15) is 0 Å². The first-order valence-corrected chi connectivity index (χ1v) is 13.4. The van der Waals surface area contributed by atoms with Crippen LogP contribution in [0.5, 0.6) is 0 Å². The zero-order chi connectivity index (χ0) is 30.4. The van der Waals surface area contributed by atoms with E-state index >= 15 is 0 Å². The third-order valence-corrected chi connectivity index (χ3v) is 6.27. The van der Waals surface area contributed by atoms with Gasteiger partial charge in [0, 0.05) is 32.6 Å². The zero-order valence-corrected chi connectivity index (χ0v) is 23.5. The number of alkyl halides is 3. The highest BCUT2D eigenvalue weighted by atomic mass is 35.5. The molecule has 16 heteroatoms. The molecule has 0 spiro atoms. The molecule has 1 aliphatic heterocycles. The molecule has 228 valence electrons. The first kappa shape index (κ1) is 34.3. The van der Waals surface area contributed by atoms with Gasteiger partial charge in [0.15, 0.2) is 0 Å². The lowest BCUT2D eigenvalue weighted by molar-refractivity contribution is -0.196. The Morgan fingerprint density at radius 3 is 2.37 bits per heavy atom. The van der Waals surface area contributed by atoms with Gasteiger partial charge in [-0.1, -0.05) is 29.3 Å². The van der Waals surface area contributed by atoms with Crippen LogP contribution < -0.4 is 16.4 Å². The molecule has 3 amide bonds. The van der Waals surface area contributed by atoms with Crippen LogP contribution in [0.2, 0.25) is 10.0 Å². The minimum absolute atomic E-state index is 0.0264. The fourth-order valence-electron chi connectivity index (χ4n) is 3.49. The summed E-state index contributed by atoms with van der Waals surface area (Å²) in [6.07, 6.45) is -4.18. The maximum atomic E-state index is 12.8. The Bertz CT molecular complexity index is 1120. The van der Waals surface area contributed by atoms with Crippen molar-refractivity contribution in [2.24, 2.45) is 5.73 Å². The normalized spacial score (nSPS) is 13.5. The van der Waals surface area contributed by atoms with E-state index in [9.17, 15) is 32.3 Å². The molecule has 41 heavy (non-hydrogen) atoms. The summed E-state index contributed by atoms with van der Waals surface area (Å²) in [5.74, 6) is -5.66. The summed E-state index contributed by atoms with van der Waals surface area (Å²) in [5.41, 5.74) is 5.73. The molecule has 1 heterocycles. The van der Waals surface area contributed by atoms with Crippen molar-refractivity contribution < 1.29 is 46.6 Å². The summed E-state index contributed by atoms with van der Waals surface area (Å²) in [5, 5.41) is 5.91. The summed E-state index contributed by atoms with van der Waals surface area (Å²) < 4.78 is 53.3. The molecule has 0 radical (unpaired) electrons. The van der Waals surface area contributed by atoms with Crippen LogP contribution in [0.15, 0.2) is 29.5 Å².